The van der Waals surface area contributed by atoms with E-state index < -0.39 is 11.6 Å². The smallest absolute Gasteiger partial charge is 0.194 e. The van der Waals surface area contributed by atoms with Gasteiger partial charge in [0.15, 0.2) is 17.3 Å². The Morgan fingerprint density at radius 1 is 1.12 bits per heavy atom. The highest BCUT2D eigenvalue weighted by atomic mass is 19.1. The van der Waals surface area contributed by atoms with Crippen LogP contribution in [0.4, 0.5) is 10.1 Å². The third kappa shape index (κ3) is 5.12. The standard InChI is InChI=1S/C28H36FN3O2/c1-17(2)12-20-16-30-25-11-6-18(19-14-24(29)28(33)26(15-19)34-5)13-23(25)27(20)31-21-7-9-22(10-8-21)32(3)4/h6,11,13-17,21-22,33H,7-10,12H2,1-5H3,(H,30,31). The van der Waals surface area contributed by atoms with Crippen molar-refractivity contribution in [3.63, 3.8) is 0 Å². The second-order valence-corrected chi connectivity index (χ2v) is 10.1. The topological polar surface area (TPSA) is 57.6 Å². The summed E-state index contributed by atoms with van der Waals surface area (Å²) in [5.41, 5.74) is 4.77. The van der Waals surface area contributed by atoms with E-state index in [4.69, 9.17) is 9.72 Å². The molecular formula is C28H36FN3O2. The molecule has 0 aliphatic heterocycles. The number of aromatic hydroxyl groups is 1. The van der Waals surface area contributed by atoms with Crippen LogP contribution in [0, 0.1) is 11.7 Å². The highest BCUT2D eigenvalue weighted by Gasteiger charge is 2.24. The fourth-order valence-corrected chi connectivity index (χ4v) is 5.02. The average Bonchev–Trinajstić information content (AvgIpc) is 2.82. The number of pyridine rings is 1. The molecule has 0 atom stereocenters. The number of halogens is 1. The van der Waals surface area contributed by atoms with Crippen molar-refractivity contribution in [3.8, 4) is 22.6 Å². The molecule has 1 fully saturated rings. The molecule has 1 aromatic heterocycles. The number of hydrogen-bond donors (Lipinski definition) is 2. The molecule has 2 N–H and O–H groups in total. The maximum absolute atomic E-state index is 14.4. The van der Waals surface area contributed by atoms with Crippen molar-refractivity contribution < 1.29 is 14.2 Å². The van der Waals surface area contributed by atoms with Crippen LogP contribution in [0.25, 0.3) is 22.0 Å². The van der Waals surface area contributed by atoms with Gasteiger partial charge in [0.1, 0.15) is 0 Å². The van der Waals surface area contributed by atoms with Crippen LogP contribution in [-0.4, -0.2) is 48.3 Å². The summed E-state index contributed by atoms with van der Waals surface area (Å²) in [5, 5.41) is 14.8. The molecular weight excluding hydrogens is 429 g/mol. The molecule has 0 spiro atoms. The minimum absolute atomic E-state index is 0.123. The monoisotopic (exact) mass is 465 g/mol. The molecule has 3 aromatic rings. The molecule has 1 saturated carbocycles. The van der Waals surface area contributed by atoms with E-state index in [0.29, 0.717) is 23.6 Å². The number of ether oxygens (including phenoxy) is 1. The molecule has 5 nitrogen and oxygen atoms in total. The van der Waals surface area contributed by atoms with Gasteiger partial charge in [0, 0.05) is 29.4 Å². The van der Waals surface area contributed by atoms with Gasteiger partial charge in [-0.2, -0.15) is 0 Å². The first-order valence-electron chi connectivity index (χ1n) is 12.2. The molecule has 2 aromatic carbocycles. The predicted molar refractivity (Wildman–Crippen MR) is 137 cm³/mol. The van der Waals surface area contributed by atoms with E-state index in [1.165, 1.54) is 31.6 Å². The van der Waals surface area contributed by atoms with Crippen LogP contribution in [0.3, 0.4) is 0 Å². The Kier molecular flexibility index (Phi) is 7.27. The third-order valence-electron chi connectivity index (χ3n) is 6.93. The molecule has 0 bridgehead atoms. The van der Waals surface area contributed by atoms with E-state index in [2.05, 4.69) is 44.2 Å². The van der Waals surface area contributed by atoms with E-state index >= 15 is 0 Å². The maximum Gasteiger partial charge on any atom is 0.194 e. The molecule has 0 radical (unpaired) electrons. The lowest BCUT2D eigenvalue weighted by Gasteiger charge is -2.34. The van der Waals surface area contributed by atoms with Crippen LogP contribution >= 0.6 is 0 Å². The molecule has 1 heterocycles. The Morgan fingerprint density at radius 2 is 1.85 bits per heavy atom. The number of aromatic nitrogens is 1. The number of anilines is 1. The van der Waals surface area contributed by atoms with Crippen molar-refractivity contribution in [2.45, 2.75) is 58.0 Å². The second kappa shape index (κ2) is 10.2. The summed E-state index contributed by atoms with van der Waals surface area (Å²) >= 11 is 0. The van der Waals surface area contributed by atoms with E-state index in [0.717, 1.165) is 41.4 Å². The Hall–Kier alpha value is -2.86. The number of benzene rings is 2. The van der Waals surface area contributed by atoms with Crippen LogP contribution in [0.15, 0.2) is 36.5 Å². The van der Waals surface area contributed by atoms with E-state index in [1.54, 1.807) is 6.07 Å². The minimum atomic E-state index is -0.697. The van der Waals surface area contributed by atoms with Gasteiger partial charge in [-0.05, 0) is 93.1 Å². The van der Waals surface area contributed by atoms with Crippen LogP contribution in [-0.2, 0) is 6.42 Å². The number of phenols is 1. The van der Waals surface area contributed by atoms with E-state index in [-0.39, 0.29) is 5.75 Å². The molecule has 182 valence electrons. The molecule has 0 amide bonds. The second-order valence-electron chi connectivity index (χ2n) is 10.1. The summed E-state index contributed by atoms with van der Waals surface area (Å²) in [5.74, 6) is -0.540. The lowest BCUT2D eigenvalue weighted by molar-refractivity contribution is 0.221. The number of nitrogens with one attached hydrogen (secondary N) is 1. The summed E-state index contributed by atoms with van der Waals surface area (Å²) in [6, 6.07) is 10.1. The summed E-state index contributed by atoms with van der Waals surface area (Å²) < 4.78 is 19.5. The van der Waals surface area contributed by atoms with Crippen molar-refractivity contribution in [3.05, 3.63) is 47.9 Å². The zero-order valence-corrected chi connectivity index (χ0v) is 20.9. The first kappa shape index (κ1) is 24.3. The van der Waals surface area contributed by atoms with Gasteiger partial charge >= 0.3 is 0 Å². The van der Waals surface area contributed by atoms with Gasteiger partial charge in [0.2, 0.25) is 0 Å². The Morgan fingerprint density at radius 3 is 2.50 bits per heavy atom. The van der Waals surface area contributed by atoms with Crippen LogP contribution in [0.5, 0.6) is 11.5 Å². The van der Waals surface area contributed by atoms with Crippen LogP contribution in [0.2, 0.25) is 0 Å². The largest absolute Gasteiger partial charge is 0.502 e. The number of fused-ring (bicyclic) bond motifs is 1. The molecule has 4 rings (SSSR count). The molecule has 6 heteroatoms. The maximum atomic E-state index is 14.4. The number of phenolic OH excluding ortho intramolecular Hbond substituents is 1. The van der Waals surface area contributed by atoms with Gasteiger partial charge in [-0.15, -0.1) is 0 Å². The Labute approximate surface area is 202 Å². The molecule has 0 unspecified atom stereocenters. The van der Waals surface area contributed by atoms with Crippen LogP contribution in [0.1, 0.15) is 45.1 Å². The fourth-order valence-electron chi connectivity index (χ4n) is 5.02. The SMILES string of the molecule is COc1cc(-c2ccc3ncc(CC(C)C)c(NC4CCC(N(C)C)CC4)c3c2)cc(F)c1O. The van der Waals surface area contributed by atoms with Gasteiger partial charge < -0.3 is 20.1 Å². The lowest BCUT2D eigenvalue weighted by Crippen LogP contribution is -2.36. The summed E-state index contributed by atoms with van der Waals surface area (Å²) in [6.45, 7) is 4.44. The zero-order valence-electron chi connectivity index (χ0n) is 20.9. The highest BCUT2D eigenvalue weighted by molar-refractivity contribution is 5.96. The van der Waals surface area contributed by atoms with Crippen molar-refractivity contribution >= 4 is 16.6 Å². The summed E-state index contributed by atoms with van der Waals surface area (Å²) in [6.07, 6.45) is 7.57. The van der Waals surface area contributed by atoms with Crippen LogP contribution < -0.4 is 10.1 Å². The fraction of sp³-hybridized carbons (Fsp3) is 0.464. The highest BCUT2D eigenvalue weighted by Crippen LogP contribution is 2.37. The third-order valence-corrected chi connectivity index (χ3v) is 6.93. The van der Waals surface area contributed by atoms with Gasteiger partial charge in [-0.25, -0.2) is 4.39 Å². The summed E-state index contributed by atoms with van der Waals surface area (Å²) in [4.78, 5) is 7.07. The number of methoxy groups -OCH3 is 1. The van der Waals surface area contributed by atoms with Crippen molar-refractivity contribution in [2.75, 3.05) is 26.5 Å². The number of nitrogens with zero attached hydrogens (tertiary/aromatic N) is 2. The first-order chi connectivity index (χ1) is 16.3. The predicted octanol–water partition coefficient (Wildman–Crippen LogP) is 6.24. The molecule has 0 saturated heterocycles. The van der Waals surface area contributed by atoms with E-state index in [1.807, 2.05) is 18.3 Å². The van der Waals surface area contributed by atoms with Crippen molar-refractivity contribution in [2.24, 2.45) is 5.92 Å². The number of hydrogen-bond acceptors (Lipinski definition) is 5. The van der Waals surface area contributed by atoms with Gasteiger partial charge in [0.05, 0.1) is 12.6 Å². The number of rotatable bonds is 7. The van der Waals surface area contributed by atoms with Gasteiger partial charge in [0.25, 0.3) is 0 Å². The summed E-state index contributed by atoms with van der Waals surface area (Å²) in [7, 11) is 5.75. The zero-order chi connectivity index (χ0) is 24.4. The molecule has 1 aliphatic carbocycles. The van der Waals surface area contributed by atoms with Crippen molar-refractivity contribution in [1.29, 1.82) is 0 Å². The Balaban J connectivity index is 1.75. The van der Waals surface area contributed by atoms with Gasteiger partial charge in [-0.3, -0.25) is 4.98 Å². The van der Waals surface area contributed by atoms with Crippen molar-refractivity contribution in [1.82, 2.24) is 9.88 Å². The minimum Gasteiger partial charge on any atom is -0.502 e. The normalized spacial score (nSPS) is 18.6. The molecule has 34 heavy (non-hydrogen) atoms. The van der Waals surface area contributed by atoms with E-state index in [9.17, 15) is 9.50 Å². The Bertz CT molecular complexity index is 1150. The average molecular weight is 466 g/mol. The quantitative estimate of drug-likeness (QED) is 0.433. The molecule has 1 aliphatic rings. The van der Waals surface area contributed by atoms with Gasteiger partial charge in [-0.1, -0.05) is 19.9 Å². The first-order valence-corrected chi connectivity index (χ1v) is 12.2. The lowest BCUT2D eigenvalue weighted by atomic mass is 9.89.